The van der Waals surface area contributed by atoms with E-state index in [1.165, 1.54) is 16.9 Å². The van der Waals surface area contributed by atoms with Crippen LogP contribution in [0.15, 0.2) is 60.8 Å². The summed E-state index contributed by atoms with van der Waals surface area (Å²) in [5, 5.41) is 0.115. The van der Waals surface area contributed by atoms with E-state index in [1.807, 2.05) is 36.4 Å². The minimum Gasteiger partial charge on any atom is -0.276 e. The SMILES string of the molecule is CC(C)(C)c1cc(-c2cccc(-c3ccc(NS(=O)(=O)C(F)(F)F)cc3Cl)c2)ccn1. The Labute approximate surface area is 184 Å². The maximum absolute atomic E-state index is 12.6. The van der Waals surface area contributed by atoms with Crippen LogP contribution < -0.4 is 4.72 Å². The maximum Gasteiger partial charge on any atom is 0.516 e. The third kappa shape index (κ3) is 5.19. The van der Waals surface area contributed by atoms with Gasteiger partial charge in [-0.05, 0) is 47.0 Å². The molecular weight excluding hydrogens is 449 g/mol. The predicted octanol–water partition coefficient (Wildman–Crippen LogP) is 6.63. The normalized spacial score (nSPS) is 12.6. The largest absolute Gasteiger partial charge is 0.516 e. The van der Waals surface area contributed by atoms with Crippen molar-refractivity contribution in [3.05, 3.63) is 71.5 Å². The molecule has 1 N–H and O–H groups in total. The zero-order valence-corrected chi connectivity index (χ0v) is 18.5. The van der Waals surface area contributed by atoms with Crippen molar-refractivity contribution < 1.29 is 21.6 Å². The summed E-state index contributed by atoms with van der Waals surface area (Å²) in [6.07, 6.45) is 1.75. The van der Waals surface area contributed by atoms with E-state index in [1.54, 1.807) is 6.20 Å². The van der Waals surface area contributed by atoms with Crippen molar-refractivity contribution in [2.45, 2.75) is 31.7 Å². The van der Waals surface area contributed by atoms with Crippen molar-refractivity contribution in [2.75, 3.05) is 4.72 Å². The van der Waals surface area contributed by atoms with Gasteiger partial charge in [-0.15, -0.1) is 0 Å². The highest BCUT2D eigenvalue weighted by Crippen LogP contribution is 2.35. The van der Waals surface area contributed by atoms with Crippen LogP contribution in [0.3, 0.4) is 0 Å². The van der Waals surface area contributed by atoms with Gasteiger partial charge in [0.15, 0.2) is 0 Å². The first-order chi connectivity index (χ1) is 14.3. The average Bonchev–Trinajstić information content (AvgIpc) is 2.66. The third-order valence-corrected chi connectivity index (χ3v) is 5.99. The van der Waals surface area contributed by atoms with Crippen LogP contribution in [0, 0.1) is 0 Å². The van der Waals surface area contributed by atoms with Crippen LogP contribution in [0.1, 0.15) is 26.5 Å². The van der Waals surface area contributed by atoms with Crippen LogP contribution in [0.2, 0.25) is 5.02 Å². The first kappa shape index (κ1) is 23.1. The third-order valence-electron chi connectivity index (χ3n) is 4.56. The molecule has 0 spiro atoms. The van der Waals surface area contributed by atoms with Gasteiger partial charge in [0.05, 0.1) is 10.7 Å². The quantitative estimate of drug-likeness (QED) is 0.467. The summed E-state index contributed by atoms with van der Waals surface area (Å²) in [5.41, 5.74) is -1.68. The first-order valence-electron chi connectivity index (χ1n) is 9.24. The van der Waals surface area contributed by atoms with Crippen molar-refractivity contribution in [3.8, 4) is 22.3 Å². The molecule has 0 fully saturated rings. The van der Waals surface area contributed by atoms with Crippen molar-refractivity contribution in [2.24, 2.45) is 0 Å². The number of hydrogen-bond donors (Lipinski definition) is 1. The molecule has 0 aliphatic rings. The highest BCUT2D eigenvalue weighted by atomic mass is 35.5. The predicted molar refractivity (Wildman–Crippen MR) is 117 cm³/mol. The number of sulfonamides is 1. The molecule has 164 valence electrons. The average molecular weight is 469 g/mol. The summed E-state index contributed by atoms with van der Waals surface area (Å²) in [7, 11) is -5.52. The molecule has 0 amide bonds. The highest BCUT2D eigenvalue weighted by Gasteiger charge is 2.46. The van der Waals surface area contributed by atoms with E-state index in [4.69, 9.17) is 11.6 Å². The molecule has 0 bridgehead atoms. The fraction of sp³-hybridized carbons (Fsp3) is 0.227. The van der Waals surface area contributed by atoms with Gasteiger partial charge in [-0.3, -0.25) is 9.71 Å². The second kappa shape index (κ2) is 8.16. The second-order valence-corrected chi connectivity index (χ2v) is 10.1. The van der Waals surface area contributed by atoms with Crippen LogP contribution in [0.4, 0.5) is 18.9 Å². The lowest BCUT2D eigenvalue weighted by Crippen LogP contribution is -2.29. The van der Waals surface area contributed by atoms with Gasteiger partial charge in [0.25, 0.3) is 0 Å². The smallest absolute Gasteiger partial charge is 0.276 e. The van der Waals surface area contributed by atoms with E-state index in [0.717, 1.165) is 28.5 Å². The van der Waals surface area contributed by atoms with Crippen LogP contribution in [-0.4, -0.2) is 18.9 Å². The summed E-state index contributed by atoms with van der Waals surface area (Å²) < 4.78 is 61.8. The Hall–Kier alpha value is -2.58. The van der Waals surface area contributed by atoms with Crippen LogP contribution in [0.5, 0.6) is 0 Å². The molecule has 0 aliphatic heterocycles. The van der Waals surface area contributed by atoms with Crippen molar-refractivity contribution >= 4 is 27.3 Å². The number of nitrogens with one attached hydrogen (secondary N) is 1. The second-order valence-electron chi connectivity index (χ2n) is 8.01. The summed E-state index contributed by atoms with van der Waals surface area (Å²) >= 11 is 6.26. The fourth-order valence-electron chi connectivity index (χ4n) is 2.91. The van der Waals surface area contributed by atoms with E-state index >= 15 is 0 Å². The molecule has 3 rings (SSSR count). The standard InChI is InChI=1S/C22H20ClF3N2O2S/c1-21(2,3)20-12-15(9-10-27-20)14-5-4-6-16(11-14)18-8-7-17(13-19(18)23)28-31(29,30)22(24,25)26/h4-13,28H,1-3H3. The van der Waals surface area contributed by atoms with Crippen LogP contribution in [-0.2, 0) is 15.4 Å². The molecule has 9 heteroatoms. The number of alkyl halides is 3. The molecule has 0 saturated heterocycles. The van der Waals surface area contributed by atoms with Crippen molar-refractivity contribution in [1.82, 2.24) is 4.98 Å². The Kier molecular flexibility index (Phi) is 6.08. The lowest BCUT2D eigenvalue weighted by Gasteiger charge is -2.18. The number of rotatable bonds is 4. The molecule has 0 radical (unpaired) electrons. The zero-order valence-electron chi connectivity index (χ0n) is 17.0. The van der Waals surface area contributed by atoms with Gasteiger partial charge >= 0.3 is 15.5 Å². The molecule has 3 aromatic rings. The van der Waals surface area contributed by atoms with Crippen LogP contribution in [0.25, 0.3) is 22.3 Å². The number of anilines is 1. The van der Waals surface area contributed by atoms with Crippen LogP contribution >= 0.6 is 11.6 Å². The van der Waals surface area contributed by atoms with E-state index in [9.17, 15) is 21.6 Å². The molecule has 0 aliphatic carbocycles. The molecule has 0 unspecified atom stereocenters. The molecule has 4 nitrogen and oxygen atoms in total. The number of hydrogen-bond acceptors (Lipinski definition) is 3. The van der Waals surface area contributed by atoms with E-state index in [-0.39, 0.29) is 16.1 Å². The zero-order chi connectivity index (χ0) is 23.0. The Balaban J connectivity index is 1.95. The summed E-state index contributed by atoms with van der Waals surface area (Å²) in [5.74, 6) is 0. The Morgan fingerprint density at radius 2 is 1.55 bits per heavy atom. The number of halogens is 4. The fourth-order valence-corrected chi connectivity index (χ4v) is 3.75. The maximum atomic E-state index is 12.6. The summed E-state index contributed by atoms with van der Waals surface area (Å²) in [6, 6.07) is 15.3. The van der Waals surface area contributed by atoms with Crippen molar-refractivity contribution in [1.29, 1.82) is 0 Å². The van der Waals surface area contributed by atoms with E-state index in [0.29, 0.717) is 5.56 Å². The monoisotopic (exact) mass is 468 g/mol. The van der Waals surface area contributed by atoms with Gasteiger partial charge < -0.3 is 0 Å². The molecule has 2 aromatic carbocycles. The van der Waals surface area contributed by atoms with Crippen molar-refractivity contribution in [3.63, 3.8) is 0 Å². The van der Waals surface area contributed by atoms with Gasteiger partial charge in [0.2, 0.25) is 0 Å². The first-order valence-corrected chi connectivity index (χ1v) is 11.1. The Morgan fingerprint density at radius 1 is 0.903 bits per heavy atom. The number of benzene rings is 2. The highest BCUT2D eigenvalue weighted by molar-refractivity contribution is 7.93. The number of nitrogens with zero attached hydrogens (tertiary/aromatic N) is 1. The number of pyridine rings is 1. The van der Waals surface area contributed by atoms with Gasteiger partial charge in [-0.25, -0.2) is 0 Å². The summed E-state index contributed by atoms with van der Waals surface area (Å²) in [6.45, 7) is 6.22. The van der Waals surface area contributed by atoms with Gasteiger partial charge in [-0.1, -0.05) is 56.6 Å². The molecule has 0 saturated carbocycles. The van der Waals surface area contributed by atoms with E-state index in [2.05, 4.69) is 25.8 Å². The Bertz CT molecular complexity index is 1220. The molecule has 31 heavy (non-hydrogen) atoms. The summed E-state index contributed by atoms with van der Waals surface area (Å²) in [4.78, 5) is 4.43. The Morgan fingerprint density at radius 3 is 2.16 bits per heavy atom. The topological polar surface area (TPSA) is 59.1 Å². The van der Waals surface area contributed by atoms with E-state index < -0.39 is 15.5 Å². The minimum atomic E-state index is -5.52. The van der Waals surface area contributed by atoms with Gasteiger partial charge in [-0.2, -0.15) is 21.6 Å². The molecule has 1 aromatic heterocycles. The number of aromatic nitrogens is 1. The van der Waals surface area contributed by atoms with Gasteiger partial charge in [0, 0.05) is 22.9 Å². The molecular formula is C22H20ClF3N2O2S. The lowest BCUT2D eigenvalue weighted by atomic mass is 9.89. The molecule has 1 heterocycles. The molecule has 0 atom stereocenters. The lowest BCUT2D eigenvalue weighted by molar-refractivity contribution is -0.0429. The minimum absolute atomic E-state index is 0.115. The van der Waals surface area contributed by atoms with Gasteiger partial charge in [0.1, 0.15) is 0 Å².